The van der Waals surface area contributed by atoms with Gasteiger partial charge >= 0.3 is 0 Å². The summed E-state index contributed by atoms with van der Waals surface area (Å²) in [4.78, 5) is 8.78. The molecule has 3 nitrogen and oxygen atoms in total. The van der Waals surface area contributed by atoms with Crippen molar-refractivity contribution < 1.29 is 34.1 Å². The minimum Gasteiger partial charge on any atom is -0.501 e. The summed E-state index contributed by atoms with van der Waals surface area (Å²) in [6.07, 6.45) is 4.99. The first-order valence-corrected chi connectivity index (χ1v) is 17.4. The van der Waals surface area contributed by atoms with Gasteiger partial charge in [-0.25, -0.2) is 0 Å². The zero-order chi connectivity index (χ0) is 41.3. The Morgan fingerprint density at radius 3 is 2.25 bits per heavy atom. The molecule has 0 aliphatic heterocycles. The van der Waals surface area contributed by atoms with Crippen molar-refractivity contribution >= 4 is 43.5 Å². The summed E-state index contributed by atoms with van der Waals surface area (Å²) in [6.45, 7) is 4.27. The molecule has 0 unspecified atom stereocenters. The van der Waals surface area contributed by atoms with E-state index < -0.39 is 19.6 Å². The van der Waals surface area contributed by atoms with E-state index in [1.54, 1.807) is 18.2 Å². The van der Waals surface area contributed by atoms with Gasteiger partial charge in [0, 0.05) is 47.5 Å². The molecule has 0 N–H and O–H groups in total. The average molecular weight is 864 g/mol. The Kier molecular flexibility index (Phi) is 7.56. The van der Waals surface area contributed by atoms with Crippen LogP contribution in [0.5, 0.6) is 0 Å². The molecule has 3 heterocycles. The number of hydrogen-bond donors (Lipinski definition) is 0. The van der Waals surface area contributed by atoms with Crippen LogP contribution in [-0.2, 0) is 20.1 Å². The van der Waals surface area contributed by atoms with E-state index in [1.807, 2.05) is 42.5 Å². The summed E-state index contributed by atoms with van der Waals surface area (Å²) in [5.74, 6) is -1.06. The normalized spacial score (nSPS) is 18.4. The first-order chi connectivity index (χ1) is 27.3. The standard InChI is InChI=1S/C36H34NO.C12H10N.Ir/c1-22-20-37-32(16-29(22)25-18-35(2,3)21-36(4,5)19-25)28-12-8-11-27-31-15-24-14-13-23-9-6-7-10-26(23)30(24)17-33(31)38-34(27)28;1-10-7-8-12(13-9-10)11-5-3-2-4-6-11;/h6-11,13-17,20,25H,18-19,21H2,1-5H3;2-5,7-9H,1H3;/q2*-1;/i1D3,25D;1D3;. The third kappa shape index (κ3) is 7.07. The number of fused-ring (bicyclic) bond motifs is 6. The Labute approximate surface area is 330 Å². The topological polar surface area (TPSA) is 38.9 Å². The molecule has 1 saturated carbocycles. The molecule has 0 bridgehead atoms. The van der Waals surface area contributed by atoms with Gasteiger partial charge < -0.3 is 14.4 Å². The summed E-state index contributed by atoms with van der Waals surface area (Å²) in [5.41, 5.74) is 5.03. The van der Waals surface area contributed by atoms with Gasteiger partial charge in [-0.15, -0.1) is 54.1 Å². The van der Waals surface area contributed by atoms with Crippen LogP contribution >= 0.6 is 0 Å². The molecule has 263 valence electrons. The van der Waals surface area contributed by atoms with Gasteiger partial charge in [0.05, 0.1) is 5.58 Å². The molecule has 3 aromatic heterocycles. The maximum atomic E-state index is 9.74. The zero-order valence-corrected chi connectivity index (χ0v) is 32.1. The Hall–Kier alpha value is -4.63. The van der Waals surface area contributed by atoms with Crippen LogP contribution in [0, 0.1) is 36.7 Å². The molecular weight excluding hydrogens is 813 g/mol. The van der Waals surface area contributed by atoms with Gasteiger partial charge in [0.25, 0.3) is 0 Å². The summed E-state index contributed by atoms with van der Waals surface area (Å²) in [5, 5.41) is 6.59. The fourth-order valence-corrected chi connectivity index (χ4v) is 8.25. The van der Waals surface area contributed by atoms with Crippen LogP contribution in [0.15, 0.2) is 120 Å². The van der Waals surface area contributed by atoms with E-state index in [4.69, 9.17) is 12.6 Å². The van der Waals surface area contributed by atoms with Gasteiger partial charge in [-0.05, 0) is 111 Å². The fraction of sp³-hybridized carbons (Fsp3) is 0.250. The molecule has 1 fully saturated rings. The van der Waals surface area contributed by atoms with Crippen LogP contribution < -0.4 is 0 Å². The van der Waals surface area contributed by atoms with Gasteiger partial charge in [0.1, 0.15) is 5.58 Å². The predicted octanol–water partition coefficient (Wildman–Crippen LogP) is 13.2. The fourth-order valence-electron chi connectivity index (χ4n) is 8.25. The van der Waals surface area contributed by atoms with Gasteiger partial charge in [-0.3, -0.25) is 0 Å². The zero-order valence-electron chi connectivity index (χ0n) is 36.7. The molecule has 0 spiro atoms. The smallest absolute Gasteiger partial charge is 0.121 e. The first-order valence-electron chi connectivity index (χ1n) is 20.9. The van der Waals surface area contributed by atoms with Gasteiger partial charge in [-0.1, -0.05) is 93.2 Å². The van der Waals surface area contributed by atoms with E-state index in [-0.39, 0.29) is 42.1 Å². The molecule has 52 heavy (non-hydrogen) atoms. The van der Waals surface area contributed by atoms with E-state index in [0.717, 1.165) is 44.8 Å². The molecule has 8 aromatic rings. The largest absolute Gasteiger partial charge is 0.501 e. The van der Waals surface area contributed by atoms with E-state index >= 15 is 0 Å². The third-order valence-electron chi connectivity index (χ3n) is 9.93. The molecule has 0 amide bonds. The quantitative estimate of drug-likeness (QED) is 0.131. The molecular formula is C48H44IrN2O-2. The minimum atomic E-state index is -2.38. The summed E-state index contributed by atoms with van der Waals surface area (Å²) >= 11 is 0. The molecule has 1 radical (unpaired) electrons. The number of aromatic nitrogens is 2. The van der Waals surface area contributed by atoms with Gasteiger partial charge in [0.15, 0.2) is 0 Å². The van der Waals surface area contributed by atoms with E-state index in [1.165, 1.54) is 23.2 Å². The number of aryl methyl sites for hydroxylation is 2. The van der Waals surface area contributed by atoms with Crippen molar-refractivity contribution in [3.8, 4) is 22.5 Å². The van der Waals surface area contributed by atoms with Crippen molar-refractivity contribution in [2.24, 2.45) is 10.8 Å². The second-order valence-corrected chi connectivity index (χ2v) is 15.3. The van der Waals surface area contributed by atoms with Crippen LogP contribution in [-0.4, -0.2) is 9.97 Å². The Balaban J connectivity index is 0.000000262. The number of rotatable bonds is 3. The number of furan rings is 1. The summed E-state index contributed by atoms with van der Waals surface area (Å²) in [6, 6.07) is 39.7. The molecule has 1 aliphatic carbocycles. The molecule has 4 heteroatoms. The van der Waals surface area contributed by atoms with Crippen molar-refractivity contribution in [2.45, 2.75) is 66.6 Å². The van der Waals surface area contributed by atoms with Crippen LogP contribution in [0.1, 0.15) is 79.1 Å². The molecule has 1 aliphatic rings. The Bertz CT molecular complexity index is 2790. The second-order valence-electron chi connectivity index (χ2n) is 15.3. The number of benzene rings is 5. The average Bonchev–Trinajstić information content (AvgIpc) is 3.53. The predicted molar refractivity (Wildman–Crippen MR) is 213 cm³/mol. The minimum absolute atomic E-state index is 0. The van der Waals surface area contributed by atoms with Crippen molar-refractivity contribution in [3.63, 3.8) is 0 Å². The maximum Gasteiger partial charge on any atom is 0.121 e. The van der Waals surface area contributed by atoms with Crippen LogP contribution in [0.2, 0.25) is 0 Å². The van der Waals surface area contributed by atoms with E-state index in [0.29, 0.717) is 35.2 Å². The third-order valence-corrected chi connectivity index (χ3v) is 9.93. The van der Waals surface area contributed by atoms with Crippen molar-refractivity contribution in [1.82, 2.24) is 9.97 Å². The SMILES string of the molecule is [2H]C([2H])([2H])c1ccc(-c2[c-]cccc2)nc1.[2H]C([2H])([2H])c1cnc(-c2[c-]ccc3c2oc2cc4c(ccc5ccccc54)cc23)cc1C1([2H])CC(C)(C)CC(C)(C)C1.[Ir]. The number of hydrogen-bond acceptors (Lipinski definition) is 3. The Morgan fingerprint density at radius 1 is 0.712 bits per heavy atom. The van der Waals surface area contributed by atoms with Crippen molar-refractivity contribution in [2.75, 3.05) is 0 Å². The molecule has 0 atom stereocenters. The molecule has 9 rings (SSSR count). The van der Waals surface area contributed by atoms with E-state index in [2.05, 4.69) is 92.3 Å². The van der Waals surface area contributed by atoms with Crippen molar-refractivity contribution in [1.29, 1.82) is 0 Å². The molecule has 5 aromatic carbocycles. The number of nitrogens with zero attached hydrogens (tertiary/aromatic N) is 2. The summed E-state index contributed by atoms with van der Waals surface area (Å²) < 4.78 is 62.9. The van der Waals surface area contributed by atoms with Gasteiger partial charge in [0.2, 0.25) is 0 Å². The monoisotopic (exact) mass is 864 g/mol. The van der Waals surface area contributed by atoms with Crippen LogP contribution in [0.4, 0.5) is 0 Å². The second kappa shape index (κ2) is 14.1. The number of pyridine rings is 2. The Morgan fingerprint density at radius 2 is 1.50 bits per heavy atom. The summed E-state index contributed by atoms with van der Waals surface area (Å²) in [7, 11) is 0. The first kappa shape index (κ1) is 27.9. The van der Waals surface area contributed by atoms with Crippen molar-refractivity contribution in [3.05, 3.63) is 144 Å². The van der Waals surface area contributed by atoms with E-state index in [9.17, 15) is 1.37 Å². The van der Waals surface area contributed by atoms with Gasteiger partial charge in [-0.2, -0.15) is 0 Å². The molecule has 0 saturated heterocycles. The van der Waals surface area contributed by atoms with Crippen LogP contribution in [0.3, 0.4) is 0 Å². The van der Waals surface area contributed by atoms with Crippen LogP contribution in [0.25, 0.3) is 66.0 Å². The maximum absolute atomic E-state index is 9.74.